The molecule has 0 amide bonds. The molecule has 0 N–H and O–H groups in total. The summed E-state index contributed by atoms with van der Waals surface area (Å²) in [7, 11) is 1.19. The monoisotopic (exact) mass is 371 g/mol. The van der Waals surface area contributed by atoms with Crippen molar-refractivity contribution in [1.29, 1.82) is 0 Å². The SMILES string of the molecule is COc1cc(COC(=O)c2cc(C)oc2C)c([N+](=O)[O-])cc1OC(F)F. The molecule has 0 radical (unpaired) electrons. The number of nitro groups is 1. The lowest BCUT2D eigenvalue weighted by Crippen LogP contribution is -2.09. The first-order valence-electron chi connectivity index (χ1n) is 7.27. The third-order valence-electron chi connectivity index (χ3n) is 3.40. The fourth-order valence-corrected chi connectivity index (χ4v) is 2.28. The van der Waals surface area contributed by atoms with E-state index < -0.39 is 35.5 Å². The van der Waals surface area contributed by atoms with Crippen molar-refractivity contribution in [3.05, 3.63) is 51.0 Å². The topological polar surface area (TPSA) is 101 Å². The Hall–Kier alpha value is -3.17. The van der Waals surface area contributed by atoms with E-state index in [0.29, 0.717) is 11.5 Å². The molecule has 0 aliphatic heterocycles. The first-order valence-corrected chi connectivity index (χ1v) is 7.27. The molecule has 8 nitrogen and oxygen atoms in total. The molecule has 10 heteroatoms. The van der Waals surface area contributed by atoms with Gasteiger partial charge in [-0.1, -0.05) is 0 Å². The Morgan fingerprint density at radius 3 is 2.46 bits per heavy atom. The molecule has 1 aromatic heterocycles. The molecule has 140 valence electrons. The van der Waals surface area contributed by atoms with Crippen LogP contribution in [-0.4, -0.2) is 24.6 Å². The third-order valence-corrected chi connectivity index (χ3v) is 3.40. The van der Waals surface area contributed by atoms with Gasteiger partial charge in [0.1, 0.15) is 23.7 Å². The van der Waals surface area contributed by atoms with E-state index in [1.54, 1.807) is 13.8 Å². The van der Waals surface area contributed by atoms with E-state index in [4.69, 9.17) is 13.9 Å². The van der Waals surface area contributed by atoms with Crippen molar-refractivity contribution in [3.8, 4) is 11.5 Å². The highest BCUT2D eigenvalue weighted by molar-refractivity contribution is 5.90. The molecular weight excluding hydrogens is 356 g/mol. The van der Waals surface area contributed by atoms with Crippen molar-refractivity contribution >= 4 is 11.7 Å². The molecule has 2 rings (SSSR count). The van der Waals surface area contributed by atoms with E-state index >= 15 is 0 Å². The summed E-state index contributed by atoms with van der Waals surface area (Å²) in [6.45, 7) is -0.420. The number of furan rings is 1. The zero-order valence-corrected chi connectivity index (χ0v) is 14.1. The Morgan fingerprint density at radius 2 is 1.96 bits per heavy atom. The van der Waals surface area contributed by atoms with Gasteiger partial charge in [-0.3, -0.25) is 10.1 Å². The van der Waals surface area contributed by atoms with Crippen LogP contribution in [-0.2, 0) is 11.3 Å². The van der Waals surface area contributed by atoms with Crippen LogP contribution in [0.1, 0.15) is 27.4 Å². The third kappa shape index (κ3) is 4.26. The molecule has 26 heavy (non-hydrogen) atoms. The summed E-state index contributed by atoms with van der Waals surface area (Å²) < 4.78 is 44.3. The summed E-state index contributed by atoms with van der Waals surface area (Å²) in [5, 5.41) is 11.2. The number of halogens is 2. The van der Waals surface area contributed by atoms with E-state index in [0.717, 1.165) is 12.1 Å². The van der Waals surface area contributed by atoms with Crippen LogP contribution < -0.4 is 9.47 Å². The van der Waals surface area contributed by atoms with E-state index in [-0.39, 0.29) is 16.9 Å². The molecule has 2 aromatic rings. The first kappa shape index (κ1) is 19.2. The second kappa shape index (κ2) is 7.81. The zero-order valence-electron chi connectivity index (χ0n) is 14.1. The summed E-state index contributed by atoms with van der Waals surface area (Å²) in [6, 6.07) is 3.38. The van der Waals surface area contributed by atoms with Crippen molar-refractivity contribution in [2.24, 2.45) is 0 Å². The second-order valence-corrected chi connectivity index (χ2v) is 5.17. The van der Waals surface area contributed by atoms with Gasteiger partial charge in [0.2, 0.25) is 0 Å². The maximum atomic E-state index is 12.4. The highest BCUT2D eigenvalue weighted by Crippen LogP contribution is 2.36. The van der Waals surface area contributed by atoms with Crippen LogP contribution >= 0.6 is 0 Å². The van der Waals surface area contributed by atoms with Crippen LogP contribution in [0.25, 0.3) is 0 Å². The highest BCUT2D eigenvalue weighted by atomic mass is 19.3. The molecule has 0 saturated carbocycles. The van der Waals surface area contributed by atoms with Crippen LogP contribution in [0.3, 0.4) is 0 Å². The number of nitro benzene ring substituents is 1. The predicted molar refractivity (Wildman–Crippen MR) is 83.6 cm³/mol. The van der Waals surface area contributed by atoms with E-state index in [1.807, 2.05) is 0 Å². The number of aryl methyl sites for hydroxylation is 2. The van der Waals surface area contributed by atoms with Crippen LogP contribution in [0.15, 0.2) is 22.6 Å². The van der Waals surface area contributed by atoms with Gasteiger partial charge in [0.15, 0.2) is 11.5 Å². The lowest BCUT2D eigenvalue weighted by atomic mass is 10.1. The van der Waals surface area contributed by atoms with Crippen LogP contribution in [0.5, 0.6) is 11.5 Å². The Morgan fingerprint density at radius 1 is 1.27 bits per heavy atom. The van der Waals surface area contributed by atoms with Gasteiger partial charge in [-0.2, -0.15) is 8.78 Å². The number of carbonyl (C=O) groups excluding carboxylic acids is 1. The maximum absolute atomic E-state index is 12.4. The number of ether oxygens (including phenoxy) is 3. The lowest BCUT2D eigenvalue weighted by molar-refractivity contribution is -0.386. The summed E-state index contributed by atoms with van der Waals surface area (Å²) in [5.74, 6) is -0.528. The summed E-state index contributed by atoms with van der Waals surface area (Å²) in [6.07, 6.45) is 0. The van der Waals surface area contributed by atoms with Crippen molar-refractivity contribution in [2.45, 2.75) is 27.1 Å². The Bertz CT molecular complexity index is 832. The molecule has 0 aliphatic rings. The van der Waals surface area contributed by atoms with Gasteiger partial charge >= 0.3 is 12.6 Å². The number of carbonyl (C=O) groups is 1. The van der Waals surface area contributed by atoms with Gasteiger partial charge in [-0.25, -0.2) is 4.79 Å². The highest BCUT2D eigenvalue weighted by Gasteiger charge is 2.23. The number of hydrogen-bond donors (Lipinski definition) is 0. The summed E-state index contributed by atoms with van der Waals surface area (Å²) in [5.41, 5.74) is -0.399. The normalized spacial score (nSPS) is 10.7. The average Bonchev–Trinajstić information content (AvgIpc) is 2.90. The van der Waals surface area contributed by atoms with Gasteiger partial charge in [0.05, 0.1) is 23.7 Å². The van der Waals surface area contributed by atoms with Crippen LogP contribution in [0.2, 0.25) is 0 Å². The van der Waals surface area contributed by atoms with Crippen molar-refractivity contribution in [1.82, 2.24) is 0 Å². The largest absolute Gasteiger partial charge is 0.493 e. The van der Waals surface area contributed by atoms with Gasteiger partial charge in [-0.15, -0.1) is 0 Å². The van der Waals surface area contributed by atoms with Crippen molar-refractivity contribution in [3.63, 3.8) is 0 Å². The molecule has 0 bridgehead atoms. The van der Waals surface area contributed by atoms with Crippen molar-refractivity contribution in [2.75, 3.05) is 7.11 Å². The predicted octanol–water partition coefficient (Wildman–Crippen LogP) is 3.77. The zero-order chi connectivity index (χ0) is 19.4. The molecule has 1 heterocycles. The Balaban J connectivity index is 2.28. The van der Waals surface area contributed by atoms with E-state index in [9.17, 15) is 23.7 Å². The quantitative estimate of drug-likeness (QED) is 0.415. The Kier molecular flexibility index (Phi) is 5.75. The number of rotatable bonds is 7. The standard InChI is InChI=1S/C16H15F2NO7/c1-8-4-11(9(2)25-8)15(20)24-7-10-5-13(23-3)14(26-16(17)18)6-12(10)19(21)22/h4-6,16H,7H2,1-3H3. The summed E-state index contributed by atoms with van der Waals surface area (Å²) >= 11 is 0. The van der Waals surface area contributed by atoms with E-state index in [1.165, 1.54) is 13.2 Å². The number of esters is 1. The molecule has 0 saturated heterocycles. The minimum Gasteiger partial charge on any atom is -0.493 e. The van der Waals surface area contributed by atoms with Gasteiger partial charge in [0.25, 0.3) is 5.69 Å². The van der Waals surface area contributed by atoms with Gasteiger partial charge < -0.3 is 18.6 Å². The number of methoxy groups -OCH3 is 1. The number of hydrogen-bond acceptors (Lipinski definition) is 7. The number of benzene rings is 1. The second-order valence-electron chi connectivity index (χ2n) is 5.17. The smallest absolute Gasteiger partial charge is 0.387 e. The molecule has 0 unspecified atom stereocenters. The van der Waals surface area contributed by atoms with Crippen molar-refractivity contribution < 1.29 is 37.1 Å². The number of nitrogens with zero attached hydrogens (tertiary/aromatic N) is 1. The molecule has 1 aromatic carbocycles. The first-order chi connectivity index (χ1) is 12.2. The van der Waals surface area contributed by atoms with Gasteiger partial charge in [0, 0.05) is 0 Å². The average molecular weight is 371 g/mol. The maximum Gasteiger partial charge on any atom is 0.387 e. The fourth-order valence-electron chi connectivity index (χ4n) is 2.28. The van der Waals surface area contributed by atoms with Crippen LogP contribution in [0, 0.1) is 24.0 Å². The molecule has 0 spiro atoms. The van der Waals surface area contributed by atoms with Gasteiger partial charge in [-0.05, 0) is 26.0 Å². The summed E-state index contributed by atoms with van der Waals surface area (Å²) in [4.78, 5) is 22.5. The minimum atomic E-state index is -3.18. The fraction of sp³-hybridized carbons (Fsp3) is 0.312. The molecule has 0 fully saturated rings. The molecule has 0 aliphatic carbocycles. The van der Waals surface area contributed by atoms with E-state index in [2.05, 4.69) is 4.74 Å². The van der Waals surface area contributed by atoms with Crippen LogP contribution in [0.4, 0.5) is 14.5 Å². The number of alkyl halides is 2. The molecular formula is C16H15F2NO7. The molecule has 0 atom stereocenters. The minimum absolute atomic E-state index is 0.0420. The lowest BCUT2D eigenvalue weighted by Gasteiger charge is -2.12. The Labute approximate surface area is 146 Å².